The van der Waals surface area contributed by atoms with E-state index in [2.05, 4.69) is 26.6 Å². The van der Waals surface area contributed by atoms with Crippen molar-refractivity contribution in [2.45, 2.75) is 89.0 Å². The summed E-state index contributed by atoms with van der Waals surface area (Å²) >= 11 is 0. The number of amides is 6. The van der Waals surface area contributed by atoms with Crippen LogP contribution in [0.2, 0.25) is 0 Å². The summed E-state index contributed by atoms with van der Waals surface area (Å²) in [7, 11) is 0. The molecule has 0 bridgehead atoms. The first-order valence-electron chi connectivity index (χ1n) is 15.7. The molecule has 252 valence electrons. The van der Waals surface area contributed by atoms with Gasteiger partial charge in [0, 0.05) is 13.0 Å². The lowest BCUT2D eigenvalue weighted by atomic mass is 9.97. The fourth-order valence-corrected chi connectivity index (χ4v) is 5.58. The Balaban J connectivity index is 1.66. The fraction of sp³-hybridized carbons (Fsp3) is 0.581. The molecule has 2 fully saturated rings. The Morgan fingerprint density at radius 3 is 2.26 bits per heavy atom. The normalized spacial score (nSPS) is 20.1. The summed E-state index contributed by atoms with van der Waals surface area (Å²) < 4.78 is 0. The summed E-state index contributed by atoms with van der Waals surface area (Å²) in [6.07, 6.45) is 2.27. The zero-order valence-corrected chi connectivity index (χ0v) is 26.3. The fourth-order valence-electron chi connectivity index (χ4n) is 5.58. The molecule has 0 radical (unpaired) electrons. The summed E-state index contributed by atoms with van der Waals surface area (Å²) in [5.74, 6) is -5.60. The van der Waals surface area contributed by atoms with Gasteiger partial charge in [-0.05, 0) is 43.7 Å². The second-order valence-electron chi connectivity index (χ2n) is 11.8. The average Bonchev–Trinajstić information content (AvgIpc) is 3.75. The monoisotopic (exact) mass is 643 g/mol. The van der Waals surface area contributed by atoms with Crippen LogP contribution >= 0.6 is 0 Å². The van der Waals surface area contributed by atoms with Crippen molar-refractivity contribution >= 4 is 41.4 Å². The van der Waals surface area contributed by atoms with E-state index in [1.54, 1.807) is 44.2 Å². The summed E-state index contributed by atoms with van der Waals surface area (Å²) in [4.78, 5) is 90.5. The molecule has 0 unspecified atom stereocenters. The van der Waals surface area contributed by atoms with Gasteiger partial charge in [-0.15, -0.1) is 0 Å². The number of nitrogens with two attached hydrogens (primary N) is 1. The van der Waals surface area contributed by atoms with Gasteiger partial charge in [-0.2, -0.15) is 0 Å². The summed E-state index contributed by atoms with van der Waals surface area (Å²) in [5, 5.41) is 22.9. The van der Waals surface area contributed by atoms with E-state index in [4.69, 9.17) is 5.73 Å². The van der Waals surface area contributed by atoms with Crippen LogP contribution in [0, 0.1) is 5.92 Å². The first-order chi connectivity index (χ1) is 21.9. The van der Waals surface area contributed by atoms with Gasteiger partial charge in [-0.3, -0.25) is 28.8 Å². The number of nitrogens with zero attached hydrogens (tertiary/aromatic N) is 1. The van der Waals surface area contributed by atoms with E-state index < -0.39 is 72.0 Å². The molecular weight excluding hydrogens is 598 g/mol. The minimum atomic E-state index is -1.51. The molecule has 0 aliphatic carbocycles. The number of primary amides is 1. The maximum absolute atomic E-state index is 13.5. The number of nitrogens with one attached hydrogen (secondary N) is 5. The number of hydrogen-bond donors (Lipinski definition) is 7. The van der Waals surface area contributed by atoms with Crippen molar-refractivity contribution < 1.29 is 38.7 Å². The topological polar surface area (TPSA) is 229 Å². The highest BCUT2D eigenvalue weighted by molar-refractivity contribution is 5.97. The first-order valence-corrected chi connectivity index (χ1v) is 15.7. The van der Waals surface area contributed by atoms with E-state index in [0.717, 1.165) is 13.0 Å². The molecule has 6 amide bonds. The van der Waals surface area contributed by atoms with Crippen molar-refractivity contribution in [3.05, 3.63) is 35.9 Å². The molecule has 2 heterocycles. The number of carbonyl (C=O) groups excluding carboxylic acids is 6. The number of carboxylic acid groups (broad SMARTS) is 1. The molecule has 2 aliphatic rings. The van der Waals surface area contributed by atoms with Crippen LogP contribution < -0.4 is 32.3 Å². The average molecular weight is 644 g/mol. The third-order valence-corrected chi connectivity index (χ3v) is 8.40. The molecule has 3 rings (SSSR count). The number of rotatable bonds is 16. The lowest BCUT2D eigenvalue weighted by Crippen LogP contribution is -2.59. The lowest BCUT2D eigenvalue weighted by molar-refractivity contribution is -0.142. The minimum Gasteiger partial charge on any atom is -0.480 e. The smallest absolute Gasteiger partial charge is 0.326 e. The second-order valence-corrected chi connectivity index (χ2v) is 11.8. The highest BCUT2D eigenvalue weighted by Crippen LogP contribution is 2.19. The van der Waals surface area contributed by atoms with Crippen LogP contribution in [0.15, 0.2) is 30.3 Å². The maximum atomic E-state index is 13.5. The zero-order valence-electron chi connectivity index (χ0n) is 26.3. The van der Waals surface area contributed by atoms with Crippen LogP contribution in [-0.4, -0.2) is 101 Å². The molecule has 0 saturated carbocycles. The van der Waals surface area contributed by atoms with Gasteiger partial charge >= 0.3 is 5.97 Å². The zero-order chi connectivity index (χ0) is 33.8. The quantitative estimate of drug-likeness (QED) is 0.112. The van der Waals surface area contributed by atoms with Gasteiger partial charge < -0.3 is 42.3 Å². The molecule has 0 spiro atoms. The largest absolute Gasteiger partial charge is 0.480 e. The number of carbonyl (C=O) groups is 7. The van der Waals surface area contributed by atoms with Gasteiger partial charge in [0.05, 0.1) is 19.0 Å². The molecule has 2 aliphatic heterocycles. The lowest BCUT2D eigenvalue weighted by Gasteiger charge is -2.30. The molecule has 8 N–H and O–H groups in total. The Labute approximate surface area is 267 Å². The van der Waals surface area contributed by atoms with E-state index >= 15 is 0 Å². The Morgan fingerprint density at radius 1 is 0.957 bits per heavy atom. The number of carboxylic acids is 1. The first kappa shape index (κ1) is 35.9. The van der Waals surface area contributed by atoms with E-state index in [9.17, 15) is 38.7 Å². The number of likely N-dealkylation sites (tertiary alicyclic amines) is 1. The Hall–Kier alpha value is -4.53. The Morgan fingerprint density at radius 2 is 1.65 bits per heavy atom. The number of benzene rings is 1. The summed E-state index contributed by atoms with van der Waals surface area (Å²) in [6.45, 7) is 4.30. The van der Waals surface area contributed by atoms with Gasteiger partial charge in [-0.25, -0.2) is 4.79 Å². The minimum absolute atomic E-state index is 0.0392. The highest BCUT2D eigenvalue weighted by Gasteiger charge is 2.38. The summed E-state index contributed by atoms with van der Waals surface area (Å²) in [5.41, 5.74) is 6.00. The number of aliphatic carboxylic acids is 1. The van der Waals surface area contributed by atoms with E-state index in [1.165, 1.54) is 4.90 Å². The van der Waals surface area contributed by atoms with Crippen molar-refractivity contribution in [3.8, 4) is 0 Å². The molecule has 15 nitrogen and oxygen atoms in total. The highest BCUT2D eigenvalue weighted by atomic mass is 16.4. The van der Waals surface area contributed by atoms with Crippen molar-refractivity contribution in [3.63, 3.8) is 0 Å². The molecule has 1 aromatic rings. The van der Waals surface area contributed by atoms with Gasteiger partial charge in [0.2, 0.25) is 35.4 Å². The molecule has 0 aromatic heterocycles. The predicted molar refractivity (Wildman–Crippen MR) is 166 cm³/mol. The van der Waals surface area contributed by atoms with Crippen LogP contribution in [0.3, 0.4) is 0 Å². The molecular formula is C31H45N7O8. The van der Waals surface area contributed by atoms with Crippen molar-refractivity contribution in [2.75, 3.05) is 19.6 Å². The van der Waals surface area contributed by atoms with Crippen LogP contribution in [0.1, 0.15) is 57.9 Å². The summed E-state index contributed by atoms with van der Waals surface area (Å²) in [6, 6.07) is 3.40. The standard InChI is InChI=1S/C31H45N7O8/c1-3-18(2)26(37-29(43)23-12-8-14-38(23)25(40)17-34-27(41)20-11-7-13-33-20)30(44)35-21(16-24(32)39)28(42)36-22(31(45)46)15-19-9-5-4-6-10-19/h4-6,9-10,18,20-23,26,33H,3,7-8,11-17H2,1-2H3,(H2,32,39)(H,34,41)(H,35,44)(H,36,42)(H,37,43)(H,45,46)/t18-,20-,21-,22-,23-,26-/m0/s1. The molecule has 2 saturated heterocycles. The molecule has 15 heteroatoms. The second kappa shape index (κ2) is 17.2. The van der Waals surface area contributed by atoms with Crippen LogP contribution in [0.4, 0.5) is 0 Å². The molecule has 6 atom stereocenters. The molecule has 1 aromatic carbocycles. The van der Waals surface area contributed by atoms with Gasteiger partial charge in [0.15, 0.2) is 0 Å². The third-order valence-electron chi connectivity index (χ3n) is 8.40. The van der Waals surface area contributed by atoms with E-state index in [1.807, 2.05) is 0 Å². The van der Waals surface area contributed by atoms with Gasteiger partial charge in [0.25, 0.3) is 0 Å². The SMILES string of the molecule is CC[C@H](C)[C@H](NC(=O)[C@@H]1CCCN1C(=O)CNC(=O)[C@@H]1CCCN1)C(=O)N[C@@H](CC(N)=O)C(=O)N[C@@H](Cc1ccccc1)C(=O)O. The Bertz CT molecular complexity index is 1270. The van der Waals surface area contributed by atoms with Crippen molar-refractivity contribution in [1.29, 1.82) is 0 Å². The number of hydrogen-bond acceptors (Lipinski definition) is 8. The van der Waals surface area contributed by atoms with Crippen LogP contribution in [0.5, 0.6) is 0 Å². The van der Waals surface area contributed by atoms with Crippen molar-refractivity contribution in [1.82, 2.24) is 31.5 Å². The van der Waals surface area contributed by atoms with Gasteiger partial charge in [-0.1, -0.05) is 50.6 Å². The van der Waals surface area contributed by atoms with Crippen LogP contribution in [-0.2, 0) is 40.0 Å². The predicted octanol–water partition coefficient (Wildman–Crippen LogP) is -1.45. The Kier molecular flexibility index (Phi) is 13.5. The maximum Gasteiger partial charge on any atom is 0.326 e. The van der Waals surface area contributed by atoms with Crippen LogP contribution in [0.25, 0.3) is 0 Å². The van der Waals surface area contributed by atoms with E-state index in [-0.39, 0.29) is 24.9 Å². The van der Waals surface area contributed by atoms with Gasteiger partial charge in [0.1, 0.15) is 24.2 Å². The van der Waals surface area contributed by atoms with Crippen molar-refractivity contribution in [2.24, 2.45) is 11.7 Å². The van der Waals surface area contributed by atoms with E-state index in [0.29, 0.717) is 37.8 Å². The molecule has 46 heavy (non-hydrogen) atoms. The third kappa shape index (κ3) is 10.3.